The number of hydrogen-bond donors (Lipinski definition) is 0. The van der Waals surface area contributed by atoms with E-state index in [4.69, 9.17) is 9.15 Å². The summed E-state index contributed by atoms with van der Waals surface area (Å²) in [6, 6.07) is 24.0. The number of nitrogens with zero attached hydrogens (tertiary/aromatic N) is 2. The minimum atomic E-state index is -3.27. The third kappa shape index (κ3) is 3.71. The van der Waals surface area contributed by atoms with Gasteiger partial charge in [-0.25, -0.2) is 8.42 Å². The van der Waals surface area contributed by atoms with Crippen LogP contribution in [-0.2, 0) is 9.84 Å². The number of hydrogen-bond acceptors (Lipinski definition) is 5. The zero-order chi connectivity index (χ0) is 21.4. The average molecular weight is 430 g/mol. The van der Waals surface area contributed by atoms with Crippen molar-refractivity contribution in [1.29, 1.82) is 0 Å². The second-order valence-corrected chi connectivity index (χ2v) is 9.12. The molecule has 2 aromatic heterocycles. The van der Waals surface area contributed by atoms with Gasteiger partial charge in [-0.1, -0.05) is 30.3 Å². The summed E-state index contributed by atoms with van der Waals surface area (Å²) < 4.78 is 36.8. The Labute approximate surface area is 179 Å². The predicted octanol–water partition coefficient (Wildman–Crippen LogP) is 5.46. The Morgan fingerprint density at radius 3 is 2.16 bits per heavy atom. The van der Waals surface area contributed by atoms with E-state index in [-0.39, 0.29) is 4.90 Å². The SMILES string of the molecule is CS(=O)(=O)c1ccc(-c2c(-c3ccc(Oc4ccccc4)cc3)nc3occn23)cc1. The zero-order valence-electron chi connectivity index (χ0n) is 16.6. The van der Waals surface area contributed by atoms with E-state index >= 15 is 0 Å². The standard InChI is InChI=1S/C24H18N2O4S/c1-31(27,28)21-13-9-18(10-14-21)23-22(25-24-26(23)15-16-29-24)17-7-11-20(12-8-17)30-19-5-3-2-4-6-19/h2-16H,1H3. The summed E-state index contributed by atoms with van der Waals surface area (Å²) in [7, 11) is -3.27. The van der Waals surface area contributed by atoms with Crippen LogP contribution < -0.4 is 4.74 Å². The molecule has 0 aliphatic rings. The van der Waals surface area contributed by atoms with Gasteiger partial charge in [-0.3, -0.25) is 4.40 Å². The maximum absolute atomic E-state index is 11.8. The van der Waals surface area contributed by atoms with E-state index in [0.717, 1.165) is 34.0 Å². The molecule has 0 N–H and O–H groups in total. The predicted molar refractivity (Wildman–Crippen MR) is 118 cm³/mol. The first kappa shape index (κ1) is 19.1. The molecule has 31 heavy (non-hydrogen) atoms. The molecule has 0 amide bonds. The molecular formula is C24H18N2O4S. The highest BCUT2D eigenvalue weighted by molar-refractivity contribution is 7.90. The van der Waals surface area contributed by atoms with Crippen molar-refractivity contribution in [3.63, 3.8) is 0 Å². The summed E-state index contributed by atoms with van der Waals surface area (Å²) in [6.07, 6.45) is 4.55. The summed E-state index contributed by atoms with van der Waals surface area (Å²) in [6.45, 7) is 0. The summed E-state index contributed by atoms with van der Waals surface area (Å²) >= 11 is 0. The van der Waals surface area contributed by atoms with Crippen molar-refractivity contribution < 1.29 is 17.6 Å². The van der Waals surface area contributed by atoms with Crippen LogP contribution in [-0.4, -0.2) is 24.1 Å². The Bertz CT molecular complexity index is 1450. The number of ether oxygens (including phenoxy) is 1. The summed E-state index contributed by atoms with van der Waals surface area (Å²) in [5, 5.41) is 0. The fraction of sp³-hybridized carbons (Fsp3) is 0.0417. The molecule has 5 rings (SSSR count). The van der Waals surface area contributed by atoms with E-state index in [1.165, 1.54) is 6.26 Å². The Morgan fingerprint density at radius 2 is 1.48 bits per heavy atom. The van der Waals surface area contributed by atoms with Crippen LogP contribution in [0.15, 0.2) is 101 Å². The van der Waals surface area contributed by atoms with Crippen molar-refractivity contribution in [2.45, 2.75) is 4.90 Å². The van der Waals surface area contributed by atoms with Gasteiger partial charge in [-0.2, -0.15) is 4.98 Å². The fourth-order valence-electron chi connectivity index (χ4n) is 3.43. The van der Waals surface area contributed by atoms with Gasteiger partial charge in [0.1, 0.15) is 23.5 Å². The Morgan fingerprint density at radius 1 is 0.839 bits per heavy atom. The first-order valence-electron chi connectivity index (χ1n) is 9.58. The molecule has 0 saturated carbocycles. The third-order valence-corrected chi connectivity index (χ3v) is 6.05. The van der Waals surface area contributed by atoms with E-state index in [1.807, 2.05) is 59.0 Å². The summed E-state index contributed by atoms with van der Waals surface area (Å²) in [5.41, 5.74) is 3.28. The van der Waals surface area contributed by atoms with Crippen molar-refractivity contribution in [1.82, 2.24) is 9.38 Å². The van der Waals surface area contributed by atoms with Gasteiger partial charge in [-0.05, 0) is 48.5 Å². The molecule has 3 aromatic carbocycles. The molecule has 0 fully saturated rings. The van der Waals surface area contributed by atoms with Gasteiger partial charge >= 0.3 is 5.84 Å². The Balaban J connectivity index is 1.54. The highest BCUT2D eigenvalue weighted by atomic mass is 32.2. The highest BCUT2D eigenvalue weighted by Gasteiger charge is 2.18. The molecule has 154 valence electrons. The molecule has 0 aliphatic carbocycles. The molecule has 0 unspecified atom stereocenters. The maximum atomic E-state index is 11.8. The highest BCUT2D eigenvalue weighted by Crippen LogP contribution is 2.34. The summed E-state index contributed by atoms with van der Waals surface area (Å²) in [5.74, 6) is 1.94. The van der Waals surface area contributed by atoms with Gasteiger partial charge < -0.3 is 9.15 Å². The summed E-state index contributed by atoms with van der Waals surface area (Å²) in [4.78, 5) is 4.91. The Kier molecular flexibility index (Phi) is 4.60. The Hall–Kier alpha value is -3.84. The van der Waals surface area contributed by atoms with Gasteiger partial charge in [0.15, 0.2) is 9.84 Å². The lowest BCUT2D eigenvalue weighted by molar-refractivity contribution is 0.483. The lowest BCUT2D eigenvalue weighted by Crippen LogP contribution is -1.96. The van der Waals surface area contributed by atoms with Crippen molar-refractivity contribution in [2.75, 3.05) is 6.26 Å². The van der Waals surface area contributed by atoms with Gasteiger partial charge in [0.05, 0.1) is 10.6 Å². The van der Waals surface area contributed by atoms with E-state index < -0.39 is 9.84 Å². The van der Waals surface area contributed by atoms with Crippen molar-refractivity contribution in [2.24, 2.45) is 0 Å². The second kappa shape index (κ2) is 7.45. The molecule has 0 spiro atoms. The number of sulfone groups is 1. The minimum Gasteiger partial charge on any atom is -0.457 e. The van der Waals surface area contributed by atoms with Crippen LogP contribution in [0.2, 0.25) is 0 Å². The molecule has 0 radical (unpaired) electrons. The number of fused-ring (bicyclic) bond motifs is 1. The molecule has 0 saturated heterocycles. The molecule has 0 aliphatic heterocycles. The van der Waals surface area contributed by atoms with Gasteiger partial charge in [-0.15, -0.1) is 0 Å². The van der Waals surface area contributed by atoms with Crippen LogP contribution >= 0.6 is 0 Å². The van der Waals surface area contributed by atoms with E-state index in [2.05, 4.69) is 4.98 Å². The van der Waals surface area contributed by atoms with Crippen LogP contribution in [0.5, 0.6) is 11.5 Å². The molecule has 0 atom stereocenters. The minimum absolute atomic E-state index is 0.271. The lowest BCUT2D eigenvalue weighted by Gasteiger charge is -2.08. The normalized spacial score (nSPS) is 11.6. The van der Waals surface area contributed by atoms with Crippen LogP contribution in [0.1, 0.15) is 0 Å². The first-order chi connectivity index (χ1) is 15.0. The van der Waals surface area contributed by atoms with Crippen LogP contribution in [0.4, 0.5) is 0 Å². The smallest absolute Gasteiger partial charge is 0.306 e. The maximum Gasteiger partial charge on any atom is 0.306 e. The number of aromatic nitrogens is 2. The van der Waals surface area contributed by atoms with Gasteiger partial charge in [0.25, 0.3) is 0 Å². The van der Waals surface area contributed by atoms with Crippen LogP contribution in [0.3, 0.4) is 0 Å². The molecular weight excluding hydrogens is 412 g/mol. The topological polar surface area (TPSA) is 73.8 Å². The number of benzene rings is 3. The van der Waals surface area contributed by atoms with E-state index in [0.29, 0.717) is 5.84 Å². The quantitative estimate of drug-likeness (QED) is 0.370. The van der Waals surface area contributed by atoms with Crippen LogP contribution in [0, 0.1) is 0 Å². The molecule has 2 heterocycles. The van der Waals surface area contributed by atoms with Gasteiger partial charge in [0, 0.05) is 23.6 Å². The number of imidazole rings is 1. The monoisotopic (exact) mass is 430 g/mol. The van der Waals surface area contributed by atoms with Gasteiger partial charge in [0.2, 0.25) is 0 Å². The fourth-order valence-corrected chi connectivity index (χ4v) is 4.06. The number of rotatable bonds is 5. The van der Waals surface area contributed by atoms with Crippen molar-refractivity contribution >= 4 is 15.7 Å². The van der Waals surface area contributed by atoms with E-state index in [1.54, 1.807) is 36.7 Å². The van der Waals surface area contributed by atoms with Crippen molar-refractivity contribution in [3.8, 4) is 34.0 Å². The lowest BCUT2D eigenvalue weighted by atomic mass is 10.0. The largest absolute Gasteiger partial charge is 0.457 e. The second-order valence-electron chi connectivity index (χ2n) is 7.10. The zero-order valence-corrected chi connectivity index (χ0v) is 17.4. The average Bonchev–Trinajstić information content (AvgIpc) is 3.36. The molecule has 5 aromatic rings. The molecule has 6 nitrogen and oxygen atoms in total. The molecule has 0 bridgehead atoms. The molecule has 7 heteroatoms. The first-order valence-corrected chi connectivity index (χ1v) is 11.5. The van der Waals surface area contributed by atoms with E-state index in [9.17, 15) is 8.42 Å². The van der Waals surface area contributed by atoms with Crippen molar-refractivity contribution in [3.05, 3.63) is 91.3 Å². The number of oxazole rings is 1. The third-order valence-electron chi connectivity index (χ3n) is 4.92. The number of para-hydroxylation sites is 1. The van der Waals surface area contributed by atoms with Crippen LogP contribution in [0.25, 0.3) is 28.4 Å².